The van der Waals surface area contributed by atoms with Crippen LogP contribution in [0.2, 0.25) is 0 Å². The third kappa shape index (κ3) is 7.66. The molecular formula is C22H27FIN5O. The zero-order valence-electron chi connectivity index (χ0n) is 17.1. The lowest BCUT2D eigenvalue weighted by Crippen LogP contribution is -2.41. The Balaban J connectivity index is 0.00000320. The number of aliphatic imine (C=N–C) groups is 1. The van der Waals surface area contributed by atoms with Gasteiger partial charge in [-0.1, -0.05) is 24.3 Å². The lowest BCUT2D eigenvalue weighted by molar-refractivity contribution is 0.223. The number of rotatable bonds is 8. The van der Waals surface area contributed by atoms with Gasteiger partial charge >= 0.3 is 0 Å². The molecule has 8 heteroatoms. The molecule has 30 heavy (non-hydrogen) atoms. The molecule has 160 valence electrons. The van der Waals surface area contributed by atoms with Crippen molar-refractivity contribution in [3.05, 3.63) is 84.2 Å². The predicted octanol–water partition coefficient (Wildman–Crippen LogP) is 3.82. The molecular weight excluding hydrogens is 496 g/mol. The minimum absolute atomic E-state index is 0. The quantitative estimate of drug-likeness (QED) is 0.268. The summed E-state index contributed by atoms with van der Waals surface area (Å²) in [6.45, 7) is 3.99. The Labute approximate surface area is 193 Å². The summed E-state index contributed by atoms with van der Waals surface area (Å²) in [5, 5.41) is 6.54. The van der Waals surface area contributed by atoms with Crippen LogP contribution < -0.4 is 15.4 Å². The van der Waals surface area contributed by atoms with Crippen molar-refractivity contribution in [3.8, 4) is 5.75 Å². The number of halogens is 2. The van der Waals surface area contributed by atoms with Crippen LogP contribution in [0, 0.1) is 5.82 Å². The molecule has 0 fully saturated rings. The van der Waals surface area contributed by atoms with E-state index >= 15 is 0 Å². The van der Waals surface area contributed by atoms with Gasteiger partial charge in [0.2, 0.25) is 0 Å². The van der Waals surface area contributed by atoms with E-state index < -0.39 is 0 Å². The van der Waals surface area contributed by atoms with Gasteiger partial charge in [-0.2, -0.15) is 0 Å². The molecule has 1 unspecified atom stereocenters. The Morgan fingerprint density at radius 2 is 1.80 bits per heavy atom. The van der Waals surface area contributed by atoms with Gasteiger partial charge < -0.3 is 19.9 Å². The molecule has 1 atom stereocenters. The van der Waals surface area contributed by atoms with E-state index in [9.17, 15) is 4.39 Å². The van der Waals surface area contributed by atoms with Gasteiger partial charge in [0, 0.05) is 32.5 Å². The largest absolute Gasteiger partial charge is 0.489 e. The summed E-state index contributed by atoms with van der Waals surface area (Å²) in [6.07, 6.45) is 5.45. The first-order valence-corrected chi connectivity index (χ1v) is 9.52. The smallest absolute Gasteiger partial charge is 0.191 e. The SMILES string of the molecule is CN=C(NCc1ccc(Cn2ccnc2)cc1)NCC(C)Oc1ccc(F)cc1.I. The number of guanidine groups is 1. The summed E-state index contributed by atoms with van der Waals surface area (Å²) in [5.41, 5.74) is 2.39. The molecule has 0 aliphatic rings. The highest BCUT2D eigenvalue weighted by Gasteiger charge is 2.06. The maximum Gasteiger partial charge on any atom is 0.191 e. The summed E-state index contributed by atoms with van der Waals surface area (Å²) in [7, 11) is 1.73. The number of nitrogens with one attached hydrogen (secondary N) is 2. The van der Waals surface area contributed by atoms with E-state index in [1.54, 1.807) is 25.4 Å². The van der Waals surface area contributed by atoms with Crippen LogP contribution in [0.3, 0.4) is 0 Å². The molecule has 0 bridgehead atoms. The molecule has 1 aromatic heterocycles. The molecule has 3 rings (SSSR count). The molecule has 0 radical (unpaired) electrons. The Kier molecular flexibility index (Phi) is 9.59. The second-order valence-corrected chi connectivity index (χ2v) is 6.74. The molecule has 2 N–H and O–H groups in total. The van der Waals surface area contributed by atoms with Crippen molar-refractivity contribution in [1.82, 2.24) is 20.2 Å². The van der Waals surface area contributed by atoms with Crippen molar-refractivity contribution >= 4 is 29.9 Å². The number of ether oxygens (including phenoxy) is 1. The van der Waals surface area contributed by atoms with Crippen molar-refractivity contribution in [1.29, 1.82) is 0 Å². The van der Waals surface area contributed by atoms with E-state index in [1.807, 2.05) is 24.0 Å². The van der Waals surface area contributed by atoms with Crippen LogP contribution in [-0.4, -0.2) is 35.2 Å². The molecule has 2 aromatic carbocycles. The fourth-order valence-corrected chi connectivity index (χ4v) is 2.79. The van der Waals surface area contributed by atoms with Crippen LogP contribution in [-0.2, 0) is 13.1 Å². The standard InChI is InChI=1S/C22H26FN5O.HI/c1-17(29-21-9-7-20(23)8-10-21)13-26-22(24-2)27-14-18-3-5-19(6-4-18)15-28-12-11-25-16-28;/h3-12,16-17H,13-15H2,1-2H3,(H2,24,26,27);1H. The second kappa shape index (κ2) is 12.2. The lowest BCUT2D eigenvalue weighted by Gasteiger charge is -2.18. The van der Waals surface area contributed by atoms with E-state index in [0.717, 1.165) is 12.1 Å². The Hall–Kier alpha value is -2.62. The maximum absolute atomic E-state index is 13.0. The van der Waals surface area contributed by atoms with Crippen LogP contribution in [0.4, 0.5) is 4.39 Å². The number of nitrogens with zero attached hydrogens (tertiary/aromatic N) is 3. The minimum atomic E-state index is -0.275. The fourth-order valence-electron chi connectivity index (χ4n) is 2.79. The molecule has 0 aliphatic carbocycles. The number of hydrogen-bond donors (Lipinski definition) is 2. The average molecular weight is 523 g/mol. The van der Waals surface area contributed by atoms with Gasteiger partial charge in [-0.3, -0.25) is 4.99 Å². The van der Waals surface area contributed by atoms with Gasteiger partial charge in [0.15, 0.2) is 5.96 Å². The summed E-state index contributed by atoms with van der Waals surface area (Å²) < 4.78 is 20.8. The summed E-state index contributed by atoms with van der Waals surface area (Å²) in [5.74, 6) is 1.06. The van der Waals surface area contributed by atoms with Crippen LogP contribution in [0.15, 0.2) is 72.2 Å². The Morgan fingerprint density at radius 3 is 2.43 bits per heavy atom. The van der Waals surface area contributed by atoms with E-state index in [0.29, 0.717) is 24.8 Å². The number of imidazole rings is 1. The highest BCUT2D eigenvalue weighted by molar-refractivity contribution is 14.0. The summed E-state index contributed by atoms with van der Waals surface area (Å²) in [6, 6.07) is 14.5. The van der Waals surface area contributed by atoms with Crippen LogP contribution >= 0.6 is 24.0 Å². The highest BCUT2D eigenvalue weighted by Crippen LogP contribution is 2.12. The average Bonchev–Trinajstić information content (AvgIpc) is 3.24. The van der Waals surface area contributed by atoms with Crippen LogP contribution in [0.5, 0.6) is 5.75 Å². The number of benzene rings is 2. The normalized spacial score (nSPS) is 12.0. The van der Waals surface area contributed by atoms with E-state index in [1.165, 1.54) is 17.7 Å². The van der Waals surface area contributed by atoms with Crippen molar-refractivity contribution in [2.24, 2.45) is 4.99 Å². The predicted molar refractivity (Wildman–Crippen MR) is 128 cm³/mol. The number of hydrogen-bond acceptors (Lipinski definition) is 3. The zero-order chi connectivity index (χ0) is 20.5. The summed E-state index contributed by atoms with van der Waals surface area (Å²) >= 11 is 0. The molecule has 0 saturated heterocycles. The minimum Gasteiger partial charge on any atom is -0.489 e. The third-order valence-corrected chi connectivity index (χ3v) is 4.34. The monoisotopic (exact) mass is 523 g/mol. The van der Waals surface area contributed by atoms with E-state index in [2.05, 4.69) is 44.9 Å². The molecule has 0 spiro atoms. The van der Waals surface area contributed by atoms with Crippen LogP contribution in [0.1, 0.15) is 18.1 Å². The van der Waals surface area contributed by atoms with Gasteiger partial charge in [0.1, 0.15) is 17.7 Å². The molecule has 1 heterocycles. The van der Waals surface area contributed by atoms with Gasteiger partial charge in [0.25, 0.3) is 0 Å². The first-order chi connectivity index (χ1) is 14.1. The number of aromatic nitrogens is 2. The van der Waals surface area contributed by atoms with Gasteiger partial charge in [-0.05, 0) is 42.3 Å². The first-order valence-electron chi connectivity index (χ1n) is 9.52. The highest BCUT2D eigenvalue weighted by atomic mass is 127. The Bertz CT molecular complexity index is 898. The second-order valence-electron chi connectivity index (χ2n) is 6.74. The molecule has 0 amide bonds. The van der Waals surface area contributed by atoms with Crippen molar-refractivity contribution < 1.29 is 9.13 Å². The van der Waals surface area contributed by atoms with Gasteiger partial charge in [-0.25, -0.2) is 9.37 Å². The van der Waals surface area contributed by atoms with Gasteiger partial charge in [0.05, 0.1) is 12.9 Å². The third-order valence-electron chi connectivity index (χ3n) is 4.34. The lowest BCUT2D eigenvalue weighted by atomic mass is 10.1. The van der Waals surface area contributed by atoms with Gasteiger partial charge in [-0.15, -0.1) is 24.0 Å². The summed E-state index contributed by atoms with van der Waals surface area (Å²) in [4.78, 5) is 8.30. The molecule has 3 aromatic rings. The molecule has 6 nitrogen and oxygen atoms in total. The van der Waals surface area contributed by atoms with Crippen molar-refractivity contribution in [2.45, 2.75) is 26.1 Å². The van der Waals surface area contributed by atoms with Crippen molar-refractivity contribution in [3.63, 3.8) is 0 Å². The van der Waals surface area contributed by atoms with Crippen LogP contribution in [0.25, 0.3) is 0 Å². The molecule has 0 aliphatic heterocycles. The fraction of sp³-hybridized carbons (Fsp3) is 0.273. The van der Waals surface area contributed by atoms with E-state index in [-0.39, 0.29) is 35.9 Å². The molecule has 0 saturated carbocycles. The maximum atomic E-state index is 13.0. The van der Waals surface area contributed by atoms with E-state index in [4.69, 9.17) is 4.74 Å². The first kappa shape index (κ1) is 23.7. The zero-order valence-corrected chi connectivity index (χ0v) is 19.4. The topological polar surface area (TPSA) is 63.5 Å². The Morgan fingerprint density at radius 1 is 1.10 bits per heavy atom. The van der Waals surface area contributed by atoms with Crippen molar-refractivity contribution in [2.75, 3.05) is 13.6 Å².